The van der Waals surface area contributed by atoms with Gasteiger partial charge in [-0.2, -0.15) is 0 Å². The molecule has 0 aromatic heterocycles. The number of esters is 1. The van der Waals surface area contributed by atoms with Crippen molar-refractivity contribution in [1.82, 2.24) is 5.01 Å². The summed E-state index contributed by atoms with van der Waals surface area (Å²) < 4.78 is 12.0. The third kappa shape index (κ3) is 7.47. The van der Waals surface area contributed by atoms with E-state index in [2.05, 4.69) is 24.3 Å². The van der Waals surface area contributed by atoms with Crippen LogP contribution in [0.2, 0.25) is 0 Å². The lowest BCUT2D eigenvalue weighted by Crippen LogP contribution is -2.60. The van der Waals surface area contributed by atoms with Crippen molar-refractivity contribution >= 4 is 11.9 Å². The van der Waals surface area contributed by atoms with Crippen LogP contribution in [0.1, 0.15) is 90.2 Å². The van der Waals surface area contributed by atoms with Gasteiger partial charge in [0.25, 0.3) is 0 Å². The van der Waals surface area contributed by atoms with Crippen molar-refractivity contribution in [1.29, 1.82) is 0 Å². The van der Waals surface area contributed by atoms with Gasteiger partial charge in [-0.3, -0.25) is 15.4 Å². The summed E-state index contributed by atoms with van der Waals surface area (Å²) in [6.45, 7) is 10.1. The van der Waals surface area contributed by atoms with Crippen molar-refractivity contribution in [2.75, 3.05) is 19.8 Å². The highest BCUT2D eigenvalue weighted by atomic mass is 16.5. The van der Waals surface area contributed by atoms with E-state index < -0.39 is 29.0 Å². The van der Waals surface area contributed by atoms with E-state index in [1.54, 1.807) is 0 Å². The van der Waals surface area contributed by atoms with Gasteiger partial charge in [-0.25, -0.2) is 5.01 Å². The van der Waals surface area contributed by atoms with Crippen LogP contribution in [-0.2, 0) is 19.1 Å². The second-order valence-electron chi connectivity index (χ2n) is 11.7. The first-order valence-corrected chi connectivity index (χ1v) is 14.3. The molecule has 0 heterocycles. The molecular weight excluding hydrogens is 492 g/mol. The van der Waals surface area contributed by atoms with Crippen LogP contribution in [0.5, 0.6) is 0 Å². The summed E-state index contributed by atoms with van der Waals surface area (Å²) in [4.78, 5) is 26.2. The molecular formula is C32H46N2O5. The van der Waals surface area contributed by atoms with Crippen molar-refractivity contribution in [2.45, 2.75) is 90.2 Å². The van der Waals surface area contributed by atoms with E-state index in [0.29, 0.717) is 12.8 Å². The minimum absolute atomic E-state index is 0.0342. The average molecular weight is 539 g/mol. The molecule has 1 unspecified atom stereocenters. The lowest BCUT2D eigenvalue weighted by molar-refractivity contribution is -0.161. The van der Waals surface area contributed by atoms with Crippen LogP contribution in [0.3, 0.4) is 0 Å². The number of ether oxygens (including phenoxy) is 2. The first kappa shape index (κ1) is 30.8. The molecule has 7 heteroatoms. The minimum atomic E-state index is -1.24. The van der Waals surface area contributed by atoms with Crippen molar-refractivity contribution in [3.8, 4) is 11.1 Å². The van der Waals surface area contributed by atoms with Crippen LogP contribution in [0.25, 0.3) is 11.1 Å². The Bertz CT molecular complexity index is 1060. The van der Waals surface area contributed by atoms with Crippen molar-refractivity contribution in [2.24, 2.45) is 11.8 Å². The van der Waals surface area contributed by atoms with E-state index in [4.69, 9.17) is 15.3 Å². The molecule has 3 rings (SSSR count). The second kappa shape index (κ2) is 13.6. The Kier molecular flexibility index (Phi) is 10.7. The summed E-state index contributed by atoms with van der Waals surface area (Å²) in [5, 5.41) is 11.7. The topological polar surface area (TPSA) is 102 Å². The number of carboxylic acids is 1. The van der Waals surface area contributed by atoms with Gasteiger partial charge in [0.2, 0.25) is 0 Å². The van der Waals surface area contributed by atoms with Crippen LogP contribution in [-0.4, -0.2) is 53.0 Å². The standard InChI is InChI=1S/C32H46N2O5/c1-6-8-18-32(30(36)37,19-9-7-2)34(33)20-23(21-39-31(3,4)5)29(35)38-22-28-26-16-12-10-14-24(26)25-15-11-13-17-27(25)28/h10-17,23,28H,6-9,18-22,33H2,1-5H3,(H,36,37). The van der Waals surface area contributed by atoms with E-state index in [9.17, 15) is 14.7 Å². The molecule has 1 aliphatic carbocycles. The molecule has 1 aliphatic rings. The molecule has 0 saturated heterocycles. The van der Waals surface area contributed by atoms with Crippen LogP contribution in [0, 0.1) is 5.92 Å². The molecule has 214 valence electrons. The van der Waals surface area contributed by atoms with Gasteiger partial charge < -0.3 is 14.6 Å². The van der Waals surface area contributed by atoms with Crippen LogP contribution < -0.4 is 5.84 Å². The maximum Gasteiger partial charge on any atom is 0.325 e. The van der Waals surface area contributed by atoms with Gasteiger partial charge in [0, 0.05) is 12.5 Å². The lowest BCUT2D eigenvalue weighted by atomic mass is 9.85. The fraction of sp³-hybridized carbons (Fsp3) is 0.562. The monoisotopic (exact) mass is 538 g/mol. The van der Waals surface area contributed by atoms with Gasteiger partial charge in [0.15, 0.2) is 0 Å². The van der Waals surface area contributed by atoms with Crippen molar-refractivity contribution in [3.05, 3.63) is 59.7 Å². The van der Waals surface area contributed by atoms with Crippen LogP contribution >= 0.6 is 0 Å². The van der Waals surface area contributed by atoms with E-state index >= 15 is 0 Å². The molecule has 2 aromatic carbocycles. The van der Waals surface area contributed by atoms with Crippen LogP contribution in [0.4, 0.5) is 0 Å². The molecule has 39 heavy (non-hydrogen) atoms. The van der Waals surface area contributed by atoms with Gasteiger partial charge in [0.1, 0.15) is 12.1 Å². The van der Waals surface area contributed by atoms with E-state index in [0.717, 1.165) is 47.9 Å². The Morgan fingerprint density at radius 1 is 0.949 bits per heavy atom. The van der Waals surface area contributed by atoms with Crippen molar-refractivity contribution < 1.29 is 24.2 Å². The number of hydrogen-bond donors (Lipinski definition) is 2. The predicted octanol–water partition coefficient (Wildman–Crippen LogP) is 6.15. The predicted molar refractivity (Wildman–Crippen MR) is 154 cm³/mol. The Balaban J connectivity index is 1.81. The number of carbonyl (C=O) groups excluding carboxylic acids is 1. The number of nitrogens with two attached hydrogens (primary N) is 1. The van der Waals surface area contributed by atoms with Gasteiger partial charge >= 0.3 is 11.9 Å². The van der Waals surface area contributed by atoms with Crippen LogP contribution in [0.15, 0.2) is 48.5 Å². The molecule has 0 saturated carbocycles. The Morgan fingerprint density at radius 3 is 1.92 bits per heavy atom. The van der Waals surface area contributed by atoms with Crippen molar-refractivity contribution in [3.63, 3.8) is 0 Å². The summed E-state index contributed by atoms with van der Waals surface area (Å²) in [5.74, 6) is 4.37. The summed E-state index contributed by atoms with van der Waals surface area (Å²) >= 11 is 0. The molecule has 1 atom stereocenters. The number of carbonyl (C=O) groups is 2. The number of benzene rings is 2. The quantitative estimate of drug-likeness (QED) is 0.159. The zero-order chi connectivity index (χ0) is 28.6. The molecule has 3 N–H and O–H groups in total. The average Bonchev–Trinajstić information content (AvgIpc) is 3.22. The highest BCUT2D eigenvalue weighted by molar-refractivity contribution is 5.80. The first-order valence-electron chi connectivity index (χ1n) is 14.3. The summed E-state index contributed by atoms with van der Waals surface area (Å²) in [7, 11) is 0. The Labute approximate surface area is 233 Å². The number of fused-ring (bicyclic) bond motifs is 3. The largest absolute Gasteiger partial charge is 0.480 e. The highest BCUT2D eigenvalue weighted by Gasteiger charge is 2.44. The second-order valence-corrected chi connectivity index (χ2v) is 11.7. The fourth-order valence-electron chi connectivity index (χ4n) is 5.37. The minimum Gasteiger partial charge on any atom is -0.480 e. The molecule has 0 aliphatic heterocycles. The molecule has 0 bridgehead atoms. The van der Waals surface area contributed by atoms with Gasteiger partial charge in [-0.15, -0.1) is 0 Å². The Morgan fingerprint density at radius 2 is 1.46 bits per heavy atom. The summed E-state index contributed by atoms with van der Waals surface area (Å²) in [5.41, 5.74) is 2.88. The van der Waals surface area contributed by atoms with E-state index in [-0.39, 0.29) is 25.7 Å². The maximum absolute atomic E-state index is 13.6. The SMILES string of the molecule is CCCCC(CCCC)(C(=O)O)N(N)CC(COC(C)(C)C)C(=O)OCC1c2ccccc2-c2ccccc21. The molecule has 0 spiro atoms. The Hall–Kier alpha value is -2.74. The number of hydrogen-bond acceptors (Lipinski definition) is 6. The smallest absolute Gasteiger partial charge is 0.325 e. The number of aliphatic carboxylic acids is 1. The summed E-state index contributed by atoms with van der Waals surface area (Å²) in [6, 6.07) is 16.4. The molecule has 2 aromatic rings. The number of hydrazine groups is 1. The maximum atomic E-state index is 13.6. The fourth-order valence-corrected chi connectivity index (χ4v) is 5.37. The number of nitrogens with zero attached hydrogens (tertiary/aromatic N) is 1. The van der Waals surface area contributed by atoms with E-state index in [1.807, 2.05) is 58.9 Å². The molecule has 0 fully saturated rings. The summed E-state index contributed by atoms with van der Waals surface area (Å²) in [6.07, 6.45) is 4.03. The third-order valence-electron chi connectivity index (χ3n) is 7.66. The van der Waals surface area contributed by atoms with Gasteiger partial charge in [0.05, 0.1) is 18.1 Å². The zero-order valence-corrected chi connectivity index (χ0v) is 24.2. The zero-order valence-electron chi connectivity index (χ0n) is 24.2. The molecule has 0 radical (unpaired) electrons. The third-order valence-corrected chi connectivity index (χ3v) is 7.66. The molecule has 0 amide bonds. The van der Waals surface area contributed by atoms with E-state index in [1.165, 1.54) is 5.01 Å². The lowest BCUT2D eigenvalue weighted by Gasteiger charge is -2.39. The highest BCUT2D eigenvalue weighted by Crippen LogP contribution is 2.44. The first-order chi connectivity index (χ1) is 18.5. The number of carboxylic acid groups (broad SMARTS) is 1. The normalized spacial score (nSPS) is 14.2. The van der Waals surface area contributed by atoms with Gasteiger partial charge in [-0.05, 0) is 55.9 Å². The number of rotatable bonds is 15. The van der Waals surface area contributed by atoms with Gasteiger partial charge in [-0.1, -0.05) is 88.1 Å². The number of unbranched alkanes of at least 4 members (excludes halogenated alkanes) is 2. The molecule has 7 nitrogen and oxygen atoms in total.